The minimum atomic E-state index is -0.196. The molecule has 0 heterocycles. The van der Waals surface area contributed by atoms with Crippen LogP contribution < -0.4 is 0 Å². The van der Waals surface area contributed by atoms with Crippen LogP contribution in [-0.4, -0.2) is 30.8 Å². The molecule has 88 valence electrons. The number of carbonyl (C=O) groups is 1. The Morgan fingerprint density at radius 3 is 2.31 bits per heavy atom. The quantitative estimate of drug-likeness (QED) is 0.735. The number of hydrogen-bond acceptors (Lipinski definition) is 2. The molecule has 0 aliphatic carbocycles. The summed E-state index contributed by atoms with van der Waals surface area (Å²) in [6.45, 7) is 4.37. The van der Waals surface area contributed by atoms with Crippen LogP contribution in [-0.2, 0) is 11.3 Å². The molecule has 1 rings (SSSR count). The molecule has 3 nitrogen and oxygen atoms in total. The number of hydrogen-bond donors (Lipinski definition) is 0. The van der Waals surface area contributed by atoms with E-state index in [0.717, 1.165) is 5.56 Å². The van der Waals surface area contributed by atoms with Gasteiger partial charge in [-0.05, 0) is 13.8 Å². The average Bonchev–Trinajstić information content (AvgIpc) is 2.17. The molecular formula is C13H20NO2+. The molecule has 0 N–H and O–H groups in total. The third-order valence-corrected chi connectivity index (χ3v) is 2.25. The van der Waals surface area contributed by atoms with E-state index >= 15 is 0 Å². The molecule has 1 aromatic rings. The molecule has 0 saturated carbocycles. The van der Waals surface area contributed by atoms with Crippen LogP contribution in [0, 0.1) is 0 Å². The second-order valence-corrected chi connectivity index (χ2v) is 4.76. The number of carbonyl (C=O) groups excluding carboxylic acids is 1. The summed E-state index contributed by atoms with van der Waals surface area (Å²) in [5.41, 5.74) is 1.13. The highest BCUT2D eigenvalue weighted by Crippen LogP contribution is 2.11. The van der Waals surface area contributed by atoms with Crippen molar-refractivity contribution in [3.05, 3.63) is 35.9 Å². The summed E-state index contributed by atoms with van der Waals surface area (Å²) in [5, 5.41) is 0. The van der Waals surface area contributed by atoms with Crippen molar-refractivity contribution in [2.75, 3.05) is 14.1 Å². The highest BCUT2D eigenvalue weighted by atomic mass is 16.6. The van der Waals surface area contributed by atoms with E-state index in [0.29, 0.717) is 6.54 Å². The van der Waals surface area contributed by atoms with Gasteiger partial charge in [-0.15, -0.1) is 0 Å². The van der Waals surface area contributed by atoms with E-state index in [1.54, 1.807) is 0 Å². The first kappa shape index (κ1) is 12.7. The molecule has 16 heavy (non-hydrogen) atoms. The van der Waals surface area contributed by atoms with Crippen LogP contribution in [0.4, 0.5) is 4.79 Å². The summed E-state index contributed by atoms with van der Waals surface area (Å²) in [7, 11) is 3.72. The first-order valence-electron chi connectivity index (χ1n) is 5.50. The summed E-state index contributed by atoms with van der Waals surface area (Å²) in [4.78, 5) is 11.8. The first-order chi connectivity index (χ1) is 7.42. The lowest BCUT2D eigenvalue weighted by Gasteiger charge is -2.26. The highest BCUT2D eigenvalue weighted by molar-refractivity contribution is 5.59. The van der Waals surface area contributed by atoms with Crippen molar-refractivity contribution in [2.24, 2.45) is 0 Å². The molecule has 0 aliphatic rings. The van der Waals surface area contributed by atoms with Crippen LogP contribution in [0.1, 0.15) is 19.4 Å². The van der Waals surface area contributed by atoms with Crippen molar-refractivity contribution in [1.82, 2.24) is 0 Å². The lowest BCUT2D eigenvalue weighted by Crippen LogP contribution is -2.45. The smallest absolute Gasteiger partial charge is 0.417 e. The Morgan fingerprint density at radius 1 is 1.25 bits per heavy atom. The predicted octanol–water partition coefficient (Wildman–Crippen LogP) is 2.81. The zero-order chi connectivity index (χ0) is 12.2. The zero-order valence-corrected chi connectivity index (χ0v) is 10.4. The van der Waals surface area contributed by atoms with Crippen LogP contribution >= 0.6 is 0 Å². The van der Waals surface area contributed by atoms with Crippen LogP contribution in [0.25, 0.3) is 0 Å². The number of quaternary nitrogens is 1. The second-order valence-electron chi connectivity index (χ2n) is 4.76. The topological polar surface area (TPSA) is 26.3 Å². The minimum Gasteiger partial charge on any atom is -0.417 e. The molecule has 0 spiro atoms. The highest BCUT2D eigenvalue weighted by Gasteiger charge is 2.29. The van der Waals surface area contributed by atoms with Gasteiger partial charge in [-0.25, -0.2) is 4.48 Å². The van der Waals surface area contributed by atoms with Crippen LogP contribution in [0.15, 0.2) is 30.3 Å². The average molecular weight is 222 g/mol. The van der Waals surface area contributed by atoms with Crippen LogP contribution in [0.3, 0.4) is 0 Å². The summed E-state index contributed by atoms with van der Waals surface area (Å²) in [5.74, 6) is 0. The van der Waals surface area contributed by atoms with Gasteiger partial charge in [0.05, 0.1) is 14.1 Å². The van der Waals surface area contributed by atoms with E-state index in [1.807, 2.05) is 58.3 Å². The van der Waals surface area contributed by atoms with Crippen molar-refractivity contribution < 1.29 is 14.0 Å². The number of nitrogens with zero attached hydrogens (tertiary/aromatic N) is 1. The lowest BCUT2D eigenvalue weighted by molar-refractivity contribution is -0.831. The van der Waals surface area contributed by atoms with Crippen molar-refractivity contribution >= 4 is 6.09 Å². The monoisotopic (exact) mass is 222 g/mol. The van der Waals surface area contributed by atoms with Crippen LogP contribution in [0.5, 0.6) is 0 Å². The van der Waals surface area contributed by atoms with Gasteiger partial charge in [0.15, 0.2) is 0 Å². The predicted molar refractivity (Wildman–Crippen MR) is 63.9 cm³/mol. The molecule has 0 atom stereocenters. The Hall–Kier alpha value is -1.35. The van der Waals surface area contributed by atoms with E-state index < -0.39 is 0 Å². The molecule has 0 bridgehead atoms. The summed E-state index contributed by atoms with van der Waals surface area (Å²) in [6, 6.07) is 9.95. The number of amides is 1. The minimum absolute atomic E-state index is 0.0688. The van der Waals surface area contributed by atoms with E-state index in [4.69, 9.17) is 4.74 Å². The first-order valence-corrected chi connectivity index (χ1v) is 5.50. The lowest BCUT2D eigenvalue weighted by atomic mass is 10.2. The fourth-order valence-corrected chi connectivity index (χ4v) is 1.45. The zero-order valence-electron chi connectivity index (χ0n) is 10.4. The van der Waals surface area contributed by atoms with E-state index in [-0.39, 0.29) is 16.7 Å². The molecule has 0 aliphatic heterocycles. The molecule has 3 heteroatoms. The Balaban J connectivity index is 2.68. The standard InChI is InChI=1S/C13H20NO2/c1-11(2)16-13(15)14(3,4)10-12-8-6-5-7-9-12/h5-9,11H,10H2,1-4H3/q+1. The van der Waals surface area contributed by atoms with Crippen molar-refractivity contribution in [3.8, 4) is 0 Å². The third-order valence-electron chi connectivity index (χ3n) is 2.25. The van der Waals surface area contributed by atoms with Gasteiger partial charge in [0.25, 0.3) is 0 Å². The SMILES string of the molecule is CC(C)OC(=O)[N+](C)(C)Cc1ccccc1. The Labute approximate surface area is 97.2 Å². The maximum Gasteiger partial charge on any atom is 0.516 e. The molecule has 0 saturated heterocycles. The Bertz CT molecular complexity index is 344. The fraction of sp³-hybridized carbons (Fsp3) is 0.462. The van der Waals surface area contributed by atoms with Gasteiger partial charge in [-0.2, -0.15) is 4.79 Å². The molecule has 1 aromatic carbocycles. The Kier molecular flexibility index (Phi) is 4.07. The summed E-state index contributed by atoms with van der Waals surface area (Å²) in [6.07, 6.45) is -0.264. The van der Waals surface area contributed by atoms with E-state index in [2.05, 4.69) is 0 Å². The van der Waals surface area contributed by atoms with E-state index in [1.165, 1.54) is 0 Å². The normalized spacial score (nSPS) is 11.6. The molecular weight excluding hydrogens is 202 g/mol. The molecule has 0 radical (unpaired) electrons. The van der Waals surface area contributed by atoms with Gasteiger partial charge in [0.1, 0.15) is 12.6 Å². The van der Waals surface area contributed by atoms with Gasteiger partial charge < -0.3 is 4.74 Å². The molecule has 0 aromatic heterocycles. The number of benzene rings is 1. The van der Waals surface area contributed by atoms with Crippen molar-refractivity contribution in [1.29, 1.82) is 0 Å². The maximum atomic E-state index is 11.8. The van der Waals surface area contributed by atoms with Crippen molar-refractivity contribution in [3.63, 3.8) is 0 Å². The van der Waals surface area contributed by atoms with Crippen molar-refractivity contribution in [2.45, 2.75) is 26.5 Å². The van der Waals surface area contributed by atoms with Gasteiger partial charge >= 0.3 is 6.09 Å². The van der Waals surface area contributed by atoms with Gasteiger partial charge in [-0.3, -0.25) is 0 Å². The van der Waals surface area contributed by atoms with Crippen LogP contribution in [0.2, 0.25) is 0 Å². The Morgan fingerprint density at radius 2 is 1.81 bits per heavy atom. The fourth-order valence-electron chi connectivity index (χ4n) is 1.45. The molecule has 0 fully saturated rings. The van der Waals surface area contributed by atoms with Gasteiger partial charge in [0, 0.05) is 5.56 Å². The summed E-state index contributed by atoms with van der Waals surface area (Å²) < 4.78 is 5.43. The largest absolute Gasteiger partial charge is 0.516 e. The third kappa shape index (κ3) is 3.66. The molecule has 0 unspecified atom stereocenters. The summed E-state index contributed by atoms with van der Waals surface area (Å²) >= 11 is 0. The van der Waals surface area contributed by atoms with Gasteiger partial charge in [0.2, 0.25) is 0 Å². The maximum absolute atomic E-state index is 11.8. The van der Waals surface area contributed by atoms with Gasteiger partial charge in [-0.1, -0.05) is 30.3 Å². The number of ether oxygens (including phenoxy) is 1. The number of rotatable bonds is 3. The second kappa shape index (κ2) is 5.12. The molecule has 1 amide bonds. The van der Waals surface area contributed by atoms with E-state index in [9.17, 15) is 4.79 Å².